The Hall–Kier alpha value is -2.84. The number of carbonyl (C=O) groups excluding carboxylic acids is 4. The van der Waals surface area contributed by atoms with Crippen molar-refractivity contribution < 1.29 is 19.2 Å². The molecule has 192 valence electrons. The van der Waals surface area contributed by atoms with Crippen molar-refractivity contribution in [2.24, 2.45) is 5.41 Å². The molecule has 2 atom stereocenters. The summed E-state index contributed by atoms with van der Waals surface area (Å²) in [7, 11) is 0. The Kier molecular flexibility index (Phi) is 12.4. The van der Waals surface area contributed by atoms with Gasteiger partial charge in [-0.3, -0.25) is 14.4 Å². The summed E-state index contributed by atoms with van der Waals surface area (Å²) in [4.78, 5) is 51.4. The van der Waals surface area contributed by atoms with Gasteiger partial charge in [-0.25, -0.2) is 4.79 Å². The summed E-state index contributed by atoms with van der Waals surface area (Å²) in [6, 6.07) is -1.39. The van der Waals surface area contributed by atoms with Crippen LogP contribution in [0.25, 0.3) is 0 Å². The molecule has 4 N–H and O–H groups in total. The van der Waals surface area contributed by atoms with Gasteiger partial charge in [0, 0.05) is 25.3 Å². The predicted molar refractivity (Wildman–Crippen MR) is 134 cm³/mol. The second kappa shape index (κ2) is 14.4. The highest BCUT2D eigenvalue weighted by Gasteiger charge is 2.40. The fraction of sp³-hybridized carbons (Fsp3) is 0.680. The zero-order valence-electron chi connectivity index (χ0n) is 21.3. The number of hydrogen-bond donors (Lipinski definition) is 4. The van der Waals surface area contributed by atoms with Crippen LogP contribution in [0.1, 0.15) is 66.2 Å². The Bertz CT molecular complexity index is 744. The number of carbonyl (C=O) groups is 4. The molecule has 0 radical (unpaired) electrons. The number of urea groups is 1. The molecule has 4 amide bonds. The molecule has 0 aromatic rings. The van der Waals surface area contributed by atoms with Crippen molar-refractivity contribution in [3.8, 4) is 0 Å². The first-order chi connectivity index (χ1) is 16.0. The van der Waals surface area contributed by atoms with E-state index in [1.54, 1.807) is 4.90 Å². The van der Waals surface area contributed by atoms with Crippen molar-refractivity contribution in [1.29, 1.82) is 0 Å². The van der Waals surface area contributed by atoms with Gasteiger partial charge < -0.3 is 26.2 Å². The van der Waals surface area contributed by atoms with E-state index >= 15 is 0 Å². The Morgan fingerprint density at radius 2 is 1.79 bits per heavy atom. The minimum atomic E-state index is -0.720. The van der Waals surface area contributed by atoms with E-state index < -0.39 is 23.1 Å². The summed E-state index contributed by atoms with van der Waals surface area (Å²) in [6.45, 7) is 16.5. The van der Waals surface area contributed by atoms with Gasteiger partial charge in [0.1, 0.15) is 6.04 Å². The molecule has 1 rings (SSSR count). The van der Waals surface area contributed by atoms with Crippen molar-refractivity contribution in [1.82, 2.24) is 26.2 Å². The molecular weight excluding hydrogens is 434 g/mol. The quantitative estimate of drug-likeness (QED) is 0.174. The van der Waals surface area contributed by atoms with Crippen LogP contribution in [0.15, 0.2) is 24.9 Å². The molecule has 0 saturated carbocycles. The first-order valence-corrected chi connectivity index (χ1v) is 12.2. The lowest BCUT2D eigenvalue weighted by molar-refractivity contribution is -0.137. The number of nitrogens with one attached hydrogen (secondary N) is 4. The highest BCUT2D eigenvalue weighted by Crippen LogP contribution is 2.27. The van der Waals surface area contributed by atoms with E-state index in [9.17, 15) is 19.2 Å². The van der Waals surface area contributed by atoms with Crippen LogP contribution in [0.2, 0.25) is 0 Å². The van der Waals surface area contributed by atoms with E-state index in [0.717, 1.165) is 32.1 Å². The van der Waals surface area contributed by atoms with Crippen molar-refractivity contribution in [3.05, 3.63) is 24.9 Å². The summed E-state index contributed by atoms with van der Waals surface area (Å²) in [5.41, 5.74) is 0.00124. The second-order valence-corrected chi connectivity index (χ2v) is 9.75. The maximum atomic E-state index is 13.5. The zero-order chi connectivity index (χ0) is 25.7. The van der Waals surface area contributed by atoms with Crippen LogP contribution in [-0.2, 0) is 14.4 Å². The Morgan fingerprint density at radius 1 is 1.09 bits per heavy atom. The number of amides is 4. The average molecular weight is 478 g/mol. The average Bonchev–Trinajstić information content (AvgIpc) is 3.28. The summed E-state index contributed by atoms with van der Waals surface area (Å²) in [6.07, 6.45) is 7.18. The van der Waals surface area contributed by atoms with Gasteiger partial charge >= 0.3 is 6.03 Å². The van der Waals surface area contributed by atoms with Crippen LogP contribution in [-0.4, -0.2) is 66.8 Å². The van der Waals surface area contributed by atoms with Gasteiger partial charge in [-0.1, -0.05) is 59.6 Å². The van der Waals surface area contributed by atoms with Gasteiger partial charge in [-0.15, -0.1) is 6.58 Å². The normalized spacial score (nSPS) is 16.4. The van der Waals surface area contributed by atoms with Crippen LogP contribution >= 0.6 is 0 Å². The highest BCUT2D eigenvalue weighted by atomic mass is 16.2. The Labute approximate surface area is 204 Å². The van der Waals surface area contributed by atoms with Crippen LogP contribution < -0.4 is 21.3 Å². The van der Waals surface area contributed by atoms with Crippen LogP contribution in [0.3, 0.4) is 0 Å². The van der Waals surface area contributed by atoms with Crippen LogP contribution in [0.4, 0.5) is 4.79 Å². The van der Waals surface area contributed by atoms with Crippen molar-refractivity contribution in [3.63, 3.8) is 0 Å². The third-order valence-electron chi connectivity index (χ3n) is 5.78. The molecule has 0 aliphatic carbocycles. The SMILES string of the molecule is C=CCNC(=O)C(=O)CNC(=C)C1CCCN1C(=O)C(NC(=O)NCCCCCC)C(C)(C)C. The summed E-state index contributed by atoms with van der Waals surface area (Å²) in [5, 5.41) is 11.1. The zero-order valence-corrected chi connectivity index (χ0v) is 21.3. The van der Waals surface area contributed by atoms with Crippen molar-refractivity contribution in [2.75, 3.05) is 26.2 Å². The van der Waals surface area contributed by atoms with Crippen molar-refractivity contribution in [2.45, 2.75) is 78.3 Å². The number of ketones is 1. The van der Waals surface area contributed by atoms with Gasteiger partial charge in [0.2, 0.25) is 11.7 Å². The maximum Gasteiger partial charge on any atom is 0.315 e. The topological polar surface area (TPSA) is 120 Å². The third-order valence-corrected chi connectivity index (χ3v) is 5.78. The number of nitrogens with zero attached hydrogens (tertiary/aromatic N) is 1. The van der Waals surface area contributed by atoms with E-state index in [1.807, 2.05) is 20.8 Å². The summed E-state index contributed by atoms with van der Waals surface area (Å²) in [5.74, 6) is -1.50. The Morgan fingerprint density at radius 3 is 2.41 bits per heavy atom. The minimum absolute atomic E-state index is 0.186. The maximum absolute atomic E-state index is 13.5. The lowest BCUT2D eigenvalue weighted by Gasteiger charge is -2.36. The third kappa shape index (κ3) is 9.57. The van der Waals surface area contributed by atoms with E-state index in [0.29, 0.717) is 25.2 Å². The van der Waals surface area contributed by atoms with Gasteiger partial charge in [-0.05, 0) is 24.7 Å². The molecule has 1 aliphatic rings. The molecule has 1 saturated heterocycles. The van der Waals surface area contributed by atoms with Crippen molar-refractivity contribution >= 4 is 23.6 Å². The molecular formula is C25H43N5O4. The van der Waals surface area contributed by atoms with E-state index in [-0.39, 0.29) is 31.1 Å². The Balaban J connectivity index is 2.73. The monoisotopic (exact) mass is 477 g/mol. The molecule has 0 spiro atoms. The number of hydrogen-bond acceptors (Lipinski definition) is 5. The van der Waals surface area contributed by atoms with Gasteiger partial charge in [0.25, 0.3) is 5.91 Å². The molecule has 2 unspecified atom stereocenters. The molecule has 1 aliphatic heterocycles. The van der Waals surface area contributed by atoms with Crippen LogP contribution in [0, 0.1) is 5.41 Å². The molecule has 1 heterocycles. The fourth-order valence-electron chi connectivity index (χ4n) is 3.80. The fourth-order valence-corrected chi connectivity index (χ4v) is 3.80. The molecule has 0 bridgehead atoms. The van der Waals surface area contributed by atoms with Gasteiger partial charge in [0.15, 0.2) is 0 Å². The standard InChI is InChI=1S/C25H43N5O4/c1-7-9-10-11-15-27-24(34)29-21(25(4,5)6)23(33)30-16-12-13-19(30)18(3)28-17-20(31)22(32)26-14-8-2/h8,19,21,28H,2-3,7,9-17H2,1,4-6H3,(H,26,32)(H2,27,29,34). The summed E-state index contributed by atoms with van der Waals surface area (Å²) >= 11 is 0. The molecule has 9 heteroatoms. The molecule has 9 nitrogen and oxygen atoms in total. The smallest absolute Gasteiger partial charge is 0.315 e. The van der Waals surface area contributed by atoms with Crippen LogP contribution in [0.5, 0.6) is 0 Å². The minimum Gasteiger partial charge on any atom is -0.379 e. The lowest BCUT2D eigenvalue weighted by Crippen LogP contribution is -2.58. The number of likely N-dealkylation sites (tertiary alicyclic amines) is 1. The number of unbranched alkanes of at least 4 members (excludes halogenated alkanes) is 3. The van der Waals surface area contributed by atoms with Gasteiger partial charge in [-0.2, -0.15) is 0 Å². The molecule has 0 aromatic heterocycles. The van der Waals surface area contributed by atoms with Gasteiger partial charge in [0.05, 0.1) is 12.6 Å². The van der Waals surface area contributed by atoms with E-state index in [2.05, 4.69) is 41.3 Å². The number of rotatable bonds is 14. The number of Topliss-reactive ketones (excluding diaryl/α,β-unsaturated/α-hetero) is 1. The summed E-state index contributed by atoms with van der Waals surface area (Å²) < 4.78 is 0. The lowest BCUT2D eigenvalue weighted by atomic mass is 9.85. The first kappa shape index (κ1) is 29.2. The first-order valence-electron chi connectivity index (χ1n) is 12.2. The predicted octanol–water partition coefficient (Wildman–Crippen LogP) is 2.25. The largest absolute Gasteiger partial charge is 0.379 e. The second-order valence-electron chi connectivity index (χ2n) is 9.75. The molecule has 34 heavy (non-hydrogen) atoms. The highest BCUT2D eigenvalue weighted by molar-refractivity contribution is 6.37. The van der Waals surface area contributed by atoms with E-state index in [1.165, 1.54) is 6.08 Å². The molecule has 1 fully saturated rings. The van der Waals surface area contributed by atoms with E-state index in [4.69, 9.17) is 0 Å². The molecule has 0 aromatic carbocycles.